The van der Waals surface area contributed by atoms with Crippen LogP contribution in [0.3, 0.4) is 0 Å². The summed E-state index contributed by atoms with van der Waals surface area (Å²) in [6.45, 7) is 3.01. The van der Waals surface area contributed by atoms with Gasteiger partial charge in [0.25, 0.3) is 11.7 Å². The molecule has 0 fully saturated rings. The van der Waals surface area contributed by atoms with Gasteiger partial charge in [-0.25, -0.2) is 8.42 Å². The van der Waals surface area contributed by atoms with Gasteiger partial charge in [0.1, 0.15) is 5.75 Å². The molecule has 0 amide bonds. The highest BCUT2D eigenvalue weighted by Crippen LogP contribution is 2.31. The molecule has 0 N–H and O–H groups in total. The summed E-state index contributed by atoms with van der Waals surface area (Å²) in [5.74, 6) is -2.62. The van der Waals surface area contributed by atoms with Crippen LogP contribution in [0.1, 0.15) is 29.3 Å². The van der Waals surface area contributed by atoms with Crippen LogP contribution in [-0.2, 0) is 15.6 Å². The first-order chi connectivity index (χ1) is 10.5. The summed E-state index contributed by atoms with van der Waals surface area (Å²) in [4.78, 5) is 14.6. The molecule has 126 valence electrons. The molecule has 0 radical (unpaired) electrons. The minimum atomic E-state index is -4.96. The predicted molar refractivity (Wildman–Crippen MR) is 75.8 cm³/mol. The third kappa shape index (κ3) is 3.96. The van der Waals surface area contributed by atoms with Crippen molar-refractivity contribution in [2.24, 2.45) is 0 Å². The van der Waals surface area contributed by atoms with Crippen molar-refractivity contribution in [3.63, 3.8) is 0 Å². The van der Waals surface area contributed by atoms with E-state index in [2.05, 4.69) is 10.1 Å². The number of aromatic nitrogens is 2. The minimum Gasteiger partial charge on any atom is -0.333 e. The lowest BCUT2D eigenvalue weighted by Crippen LogP contribution is -2.21. The SMILES string of the molecule is CC(C)S(=O)(=O)Cc1noc(-c2ccc(C(=O)C(F)(F)F)s2)n1. The first-order valence-electron chi connectivity index (χ1n) is 6.26. The van der Waals surface area contributed by atoms with Gasteiger partial charge in [0.15, 0.2) is 15.7 Å². The number of hydrogen-bond acceptors (Lipinski definition) is 7. The third-order valence-corrected chi connectivity index (χ3v) is 5.98. The first-order valence-corrected chi connectivity index (χ1v) is 8.80. The number of thiophene rings is 1. The summed E-state index contributed by atoms with van der Waals surface area (Å²) >= 11 is 0.543. The average Bonchev–Trinajstić information content (AvgIpc) is 3.04. The van der Waals surface area contributed by atoms with Crippen LogP contribution in [0.5, 0.6) is 0 Å². The molecule has 0 aliphatic rings. The lowest BCUT2D eigenvalue weighted by molar-refractivity contribution is -0.0882. The predicted octanol–water partition coefficient (Wildman–Crippen LogP) is 2.87. The van der Waals surface area contributed by atoms with Crippen molar-refractivity contribution in [2.45, 2.75) is 31.0 Å². The zero-order valence-corrected chi connectivity index (χ0v) is 13.5. The highest BCUT2D eigenvalue weighted by Gasteiger charge is 2.40. The zero-order valence-electron chi connectivity index (χ0n) is 11.9. The van der Waals surface area contributed by atoms with Crippen molar-refractivity contribution in [3.05, 3.63) is 22.8 Å². The monoisotopic (exact) mass is 368 g/mol. The van der Waals surface area contributed by atoms with Crippen LogP contribution < -0.4 is 0 Å². The Kier molecular flexibility index (Phi) is 4.62. The summed E-state index contributed by atoms with van der Waals surface area (Å²) in [5.41, 5.74) is 0. The highest BCUT2D eigenvalue weighted by atomic mass is 32.2. The van der Waals surface area contributed by atoms with Crippen molar-refractivity contribution in [1.29, 1.82) is 0 Å². The summed E-state index contributed by atoms with van der Waals surface area (Å²) in [6.07, 6.45) is -4.96. The molecule has 0 saturated carbocycles. The fourth-order valence-electron chi connectivity index (χ4n) is 1.47. The molecule has 11 heteroatoms. The maximum Gasteiger partial charge on any atom is 0.455 e. The molecular weight excluding hydrogens is 357 g/mol. The van der Waals surface area contributed by atoms with E-state index in [1.165, 1.54) is 19.9 Å². The molecule has 6 nitrogen and oxygen atoms in total. The van der Waals surface area contributed by atoms with Gasteiger partial charge in [0.2, 0.25) is 0 Å². The van der Waals surface area contributed by atoms with E-state index < -0.39 is 37.7 Å². The number of sulfone groups is 1. The number of carbonyl (C=O) groups is 1. The molecule has 0 atom stereocenters. The maximum absolute atomic E-state index is 12.4. The van der Waals surface area contributed by atoms with Gasteiger partial charge in [0, 0.05) is 0 Å². The van der Waals surface area contributed by atoms with Crippen molar-refractivity contribution < 1.29 is 30.9 Å². The molecule has 2 heterocycles. The molecule has 0 spiro atoms. The lowest BCUT2D eigenvalue weighted by Gasteiger charge is -2.03. The van der Waals surface area contributed by atoms with Gasteiger partial charge in [-0.1, -0.05) is 5.16 Å². The number of Topliss-reactive ketones (excluding diaryl/α,β-unsaturated/α-hetero) is 1. The summed E-state index contributed by atoms with van der Waals surface area (Å²) in [5, 5.41) is 2.87. The van der Waals surface area contributed by atoms with E-state index >= 15 is 0 Å². The molecular formula is C12H11F3N2O4S2. The Morgan fingerprint density at radius 1 is 1.35 bits per heavy atom. The third-order valence-electron chi connectivity index (χ3n) is 2.81. The Bertz CT molecular complexity index is 821. The number of ketones is 1. The number of nitrogens with zero attached hydrogens (tertiary/aromatic N) is 2. The van der Waals surface area contributed by atoms with Crippen LogP contribution in [0.15, 0.2) is 16.7 Å². The Morgan fingerprint density at radius 2 is 2.00 bits per heavy atom. The number of hydrogen-bond donors (Lipinski definition) is 0. The molecule has 0 bridgehead atoms. The normalized spacial score (nSPS) is 12.8. The van der Waals surface area contributed by atoms with Gasteiger partial charge in [-0.15, -0.1) is 11.3 Å². The topological polar surface area (TPSA) is 90.1 Å². The van der Waals surface area contributed by atoms with E-state index in [1.54, 1.807) is 0 Å². The molecule has 0 aromatic carbocycles. The molecule has 2 rings (SSSR count). The van der Waals surface area contributed by atoms with Gasteiger partial charge < -0.3 is 4.52 Å². The molecule has 23 heavy (non-hydrogen) atoms. The lowest BCUT2D eigenvalue weighted by atomic mass is 10.3. The summed E-state index contributed by atoms with van der Waals surface area (Å²) < 4.78 is 65.4. The largest absolute Gasteiger partial charge is 0.455 e. The second-order valence-corrected chi connectivity index (χ2v) is 8.50. The second-order valence-electron chi connectivity index (χ2n) is 4.86. The Balaban J connectivity index is 2.22. The van der Waals surface area contributed by atoms with Crippen LogP contribution in [0.2, 0.25) is 0 Å². The van der Waals surface area contributed by atoms with Crippen LogP contribution >= 0.6 is 11.3 Å². The van der Waals surface area contributed by atoms with Crippen LogP contribution in [0, 0.1) is 0 Å². The molecule has 0 aliphatic carbocycles. The van der Waals surface area contributed by atoms with Crippen molar-refractivity contribution in [2.75, 3.05) is 0 Å². The van der Waals surface area contributed by atoms with Gasteiger partial charge in [-0.3, -0.25) is 4.79 Å². The highest BCUT2D eigenvalue weighted by molar-refractivity contribution is 7.91. The standard InChI is InChI=1S/C12H11F3N2O4S2/c1-6(2)23(19,20)5-9-16-11(21-17-9)8-4-3-7(22-8)10(18)12(13,14)15/h3-4,6H,5H2,1-2H3. The van der Waals surface area contributed by atoms with Crippen LogP contribution in [-0.4, -0.2) is 35.8 Å². The smallest absolute Gasteiger partial charge is 0.333 e. The molecule has 0 unspecified atom stereocenters. The quantitative estimate of drug-likeness (QED) is 0.754. The number of rotatable bonds is 5. The molecule has 2 aromatic heterocycles. The Morgan fingerprint density at radius 3 is 2.57 bits per heavy atom. The average molecular weight is 368 g/mol. The van der Waals surface area contributed by atoms with E-state index in [1.807, 2.05) is 0 Å². The number of carbonyl (C=O) groups excluding carboxylic acids is 1. The van der Waals surface area contributed by atoms with Crippen molar-refractivity contribution >= 4 is 27.0 Å². The van der Waals surface area contributed by atoms with Crippen LogP contribution in [0.25, 0.3) is 10.8 Å². The van der Waals surface area contributed by atoms with Gasteiger partial charge in [-0.2, -0.15) is 18.2 Å². The van der Waals surface area contributed by atoms with Gasteiger partial charge >= 0.3 is 6.18 Å². The number of halogens is 3. The summed E-state index contributed by atoms with van der Waals surface area (Å²) in [7, 11) is -3.43. The van der Waals surface area contributed by atoms with Crippen molar-refractivity contribution in [3.8, 4) is 10.8 Å². The van der Waals surface area contributed by atoms with E-state index in [0.29, 0.717) is 11.3 Å². The van der Waals surface area contributed by atoms with Crippen molar-refractivity contribution in [1.82, 2.24) is 10.1 Å². The van der Waals surface area contributed by atoms with E-state index in [0.717, 1.165) is 6.07 Å². The molecule has 2 aromatic rings. The fourth-order valence-corrected chi connectivity index (χ4v) is 3.17. The van der Waals surface area contributed by atoms with Gasteiger partial charge in [-0.05, 0) is 26.0 Å². The Labute approximate surface area is 133 Å². The van der Waals surface area contributed by atoms with E-state index in [-0.39, 0.29) is 16.6 Å². The van der Waals surface area contributed by atoms with E-state index in [9.17, 15) is 26.4 Å². The maximum atomic E-state index is 12.4. The van der Waals surface area contributed by atoms with Gasteiger partial charge in [0.05, 0.1) is 15.0 Å². The molecule has 0 aliphatic heterocycles. The molecule has 0 saturated heterocycles. The second kappa shape index (κ2) is 6.04. The summed E-state index contributed by atoms with van der Waals surface area (Å²) in [6, 6.07) is 2.24. The Hall–Kier alpha value is -1.75. The van der Waals surface area contributed by atoms with Crippen LogP contribution in [0.4, 0.5) is 13.2 Å². The van der Waals surface area contributed by atoms with E-state index in [4.69, 9.17) is 4.52 Å². The first kappa shape index (κ1) is 17.6. The zero-order chi connectivity index (χ0) is 17.4. The fraction of sp³-hybridized carbons (Fsp3) is 0.417. The minimum absolute atomic E-state index is 0.0919. The number of alkyl halides is 3.